The molecular weight excluding hydrogens is 274 g/mol. The molecule has 2 rings (SSSR count). The van der Waals surface area contributed by atoms with Crippen LogP contribution in [0, 0.1) is 0 Å². The monoisotopic (exact) mass is 287 g/mol. The lowest BCUT2D eigenvalue weighted by Gasteiger charge is -2.39. The molecule has 0 unspecified atom stereocenters. The Balaban J connectivity index is 2.21. The summed E-state index contributed by atoms with van der Waals surface area (Å²) >= 11 is 0. The van der Waals surface area contributed by atoms with Gasteiger partial charge in [0.05, 0.1) is 4.90 Å². The molecular formula is C12H14ClNO3S. The van der Waals surface area contributed by atoms with Crippen LogP contribution in [-0.4, -0.2) is 19.9 Å². The van der Waals surface area contributed by atoms with Crippen LogP contribution in [0.5, 0.6) is 0 Å². The Hall–Kier alpha value is -1.07. The number of rotatable bonds is 3. The summed E-state index contributed by atoms with van der Waals surface area (Å²) in [6, 6.07) is 5.74. The van der Waals surface area contributed by atoms with Crippen molar-refractivity contribution in [2.24, 2.45) is 0 Å². The van der Waals surface area contributed by atoms with Gasteiger partial charge in [-0.3, -0.25) is 4.79 Å². The van der Waals surface area contributed by atoms with E-state index in [1.807, 2.05) is 6.92 Å². The van der Waals surface area contributed by atoms with E-state index in [1.165, 1.54) is 18.2 Å². The van der Waals surface area contributed by atoms with E-state index in [4.69, 9.17) is 10.7 Å². The Morgan fingerprint density at radius 3 is 2.56 bits per heavy atom. The highest BCUT2D eigenvalue weighted by atomic mass is 35.7. The second kappa shape index (κ2) is 4.55. The van der Waals surface area contributed by atoms with Crippen molar-refractivity contribution in [3.05, 3.63) is 29.8 Å². The van der Waals surface area contributed by atoms with Gasteiger partial charge in [0, 0.05) is 21.8 Å². The largest absolute Gasteiger partial charge is 0.347 e. The van der Waals surface area contributed by atoms with Crippen molar-refractivity contribution in [1.29, 1.82) is 0 Å². The molecule has 1 fully saturated rings. The molecule has 1 aliphatic rings. The highest BCUT2D eigenvalue weighted by Gasteiger charge is 2.33. The lowest BCUT2D eigenvalue weighted by molar-refractivity contribution is 0.0850. The lowest BCUT2D eigenvalue weighted by atomic mass is 9.78. The van der Waals surface area contributed by atoms with Crippen LogP contribution < -0.4 is 5.32 Å². The minimum atomic E-state index is -3.80. The van der Waals surface area contributed by atoms with Crippen LogP contribution >= 0.6 is 10.7 Å². The molecule has 0 radical (unpaired) electrons. The minimum Gasteiger partial charge on any atom is -0.347 e. The van der Waals surface area contributed by atoms with Gasteiger partial charge in [-0.2, -0.15) is 0 Å². The fraction of sp³-hybridized carbons (Fsp3) is 0.417. The van der Waals surface area contributed by atoms with E-state index in [0.29, 0.717) is 5.56 Å². The molecule has 1 N–H and O–H groups in total. The highest BCUT2D eigenvalue weighted by molar-refractivity contribution is 8.13. The molecule has 0 heterocycles. The number of nitrogens with one attached hydrogen (secondary N) is 1. The van der Waals surface area contributed by atoms with Crippen molar-refractivity contribution < 1.29 is 13.2 Å². The second-order valence-corrected chi connectivity index (χ2v) is 7.40. The SMILES string of the molecule is CC1(NC(=O)c2cccc(S(=O)(=O)Cl)c2)CCC1. The highest BCUT2D eigenvalue weighted by Crippen LogP contribution is 2.31. The molecule has 0 saturated heterocycles. The number of carbonyl (C=O) groups is 1. The zero-order valence-corrected chi connectivity index (χ0v) is 11.5. The van der Waals surface area contributed by atoms with Gasteiger partial charge in [0.1, 0.15) is 0 Å². The maximum atomic E-state index is 12.0. The average Bonchev–Trinajstić information content (AvgIpc) is 2.26. The summed E-state index contributed by atoms with van der Waals surface area (Å²) in [6.07, 6.45) is 3.01. The van der Waals surface area contributed by atoms with Crippen LogP contribution in [0.3, 0.4) is 0 Å². The van der Waals surface area contributed by atoms with Crippen molar-refractivity contribution in [2.75, 3.05) is 0 Å². The van der Waals surface area contributed by atoms with Crippen LogP contribution in [0.15, 0.2) is 29.2 Å². The molecule has 6 heteroatoms. The third kappa shape index (κ3) is 2.84. The molecule has 1 aliphatic carbocycles. The Bertz CT molecular complexity index is 579. The summed E-state index contributed by atoms with van der Waals surface area (Å²) in [7, 11) is 1.45. The molecule has 0 aliphatic heterocycles. The van der Waals surface area contributed by atoms with Crippen molar-refractivity contribution in [2.45, 2.75) is 36.6 Å². The van der Waals surface area contributed by atoms with Crippen LogP contribution in [0.25, 0.3) is 0 Å². The lowest BCUT2D eigenvalue weighted by Crippen LogP contribution is -2.50. The maximum absolute atomic E-state index is 12.0. The Morgan fingerprint density at radius 1 is 1.39 bits per heavy atom. The standard InChI is InChI=1S/C12H14ClNO3S/c1-12(6-3-7-12)14-11(15)9-4-2-5-10(8-9)18(13,16)17/h2,4-5,8H,3,6-7H2,1H3,(H,14,15). The number of halogens is 1. The molecule has 1 aromatic rings. The van der Waals surface area contributed by atoms with Gasteiger partial charge in [0.25, 0.3) is 15.0 Å². The van der Waals surface area contributed by atoms with E-state index in [-0.39, 0.29) is 16.3 Å². The molecule has 0 bridgehead atoms. The van der Waals surface area contributed by atoms with Gasteiger partial charge in [-0.25, -0.2) is 8.42 Å². The van der Waals surface area contributed by atoms with E-state index >= 15 is 0 Å². The molecule has 0 aromatic heterocycles. The minimum absolute atomic E-state index is 0.0596. The van der Waals surface area contributed by atoms with Crippen LogP contribution in [0.2, 0.25) is 0 Å². The number of hydrogen-bond donors (Lipinski definition) is 1. The van der Waals surface area contributed by atoms with Gasteiger partial charge < -0.3 is 5.32 Å². The quantitative estimate of drug-likeness (QED) is 0.868. The third-order valence-electron chi connectivity index (χ3n) is 3.25. The van der Waals surface area contributed by atoms with Crippen molar-refractivity contribution in [3.8, 4) is 0 Å². The molecule has 0 spiro atoms. The van der Waals surface area contributed by atoms with E-state index < -0.39 is 9.05 Å². The van der Waals surface area contributed by atoms with Gasteiger partial charge in [0.2, 0.25) is 0 Å². The van der Waals surface area contributed by atoms with E-state index in [2.05, 4.69) is 5.32 Å². The Morgan fingerprint density at radius 2 is 2.06 bits per heavy atom. The van der Waals surface area contributed by atoms with E-state index in [1.54, 1.807) is 6.07 Å². The van der Waals surface area contributed by atoms with Crippen molar-refractivity contribution in [3.63, 3.8) is 0 Å². The number of hydrogen-bond acceptors (Lipinski definition) is 3. The van der Waals surface area contributed by atoms with Crippen LogP contribution in [0.1, 0.15) is 36.5 Å². The summed E-state index contributed by atoms with van der Waals surface area (Å²) in [4.78, 5) is 11.9. The van der Waals surface area contributed by atoms with Crippen molar-refractivity contribution in [1.82, 2.24) is 5.32 Å². The molecule has 1 saturated carbocycles. The second-order valence-electron chi connectivity index (χ2n) is 4.83. The molecule has 4 nitrogen and oxygen atoms in total. The average molecular weight is 288 g/mol. The van der Waals surface area contributed by atoms with Gasteiger partial charge in [-0.1, -0.05) is 6.07 Å². The first kappa shape index (κ1) is 13.4. The maximum Gasteiger partial charge on any atom is 0.261 e. The zero-order chi connectivity index (χ0) is 13.4. The fourth-order valence-corrected chi connectivity index (χ4v) is 2.76. The van der Waals surface area contributed by atoms with Crippen molar-refractivity contribution >= 4 is 25.6 Å². The summed E-state index contributed by atoms with van der Waals surface area (Å²) in [5, 5.41) is 2.91. The Kier molecular flexibility index (Phi) is 3.38. The first-order valence-electron chi connectivity index (χ1n) is 5.67. The van der Waals surface area contributed by atoms with Gasteiger partial charge in [-0.05, 0) is 44.4 Å². The molecule has 98 valence electrons. The predicted molar refractivity (Wildman–Crippen MR) is 69.2 cm³/mol. The van der Waals surface area contributed by atoms with Crippen LogP contribution in [-0.2, 0) is 9.05 Å². The van der Waals surface area contributed by atoms with Gasteiger partial charge in [0.15, 0.2) is 0 Å². The summed E-state index contributed by atoms with van der Waals surface area (Å²) in [6.45, 7) is 1.98. The topological polar surface area (TPSA) is 63.2 Å². The molecule has 0 atom stereocenters. The van der Waals surface area contributed by atoms with E-state index in [9.17, 15) is 13.2 Å². The zero-order valence-electron chi connectivity index (χ0n) is 9.94. The van der Waals surface area contributed by atoms with Gasteiger partial charge >= 0.3 is 0 Å². The molecule has 18 heavy (non-hydrogen) atoms. The van der Waals surface area contributed by atoms with Crippen LogP contribution in [0.4, 0.5) is 0 Å². The normalized spacial score (nSPS) is 17.9. The molecule has 1 aromatic carbocycles. The fourth-order valence-electron chi connectivity index (χ4n) is 1.97. The first-order valence-corrected chi connectivity index (χ1v) is 7.98. The molecule has 1 amide bonds. The first-order chi connectivity index (χ1) is 8.30. The van der Waals surface area contributed by atoms with Gasteiger partial charge in [-0.15, -0.1) is 0 Å². The number of carbonyl (C=O) groups excluding carboxylic acids is 1. The summed E-state index contributed by atoms with van der Waals surface area (Å²) in [5.41, 5.74) is 0.150. The third-order valence-corrected chi connectivity index (χ3v) is 4.60. The number of amides is 1. The summed E-state index contributed by atoms with van der Waals surface area (Å²) in [5.74, 6) is -0.264. The smallest absolute Gasteiger partial charge is 0.261 e. The Labute approximate surface area is 111 Å². The summed E-state index contributed by atoms with van der Waals surface area (Å²) < 4.78 is 22.4. The number of benzene rings is 1. The predicted octanol–water partition coefficient (Wildman–Crippen LogP) is 2.29. The van der Waals surface area contributed by atoms with E-state index in [0.717, 1.165) is 19.3 Å².